The van der Waals surface area contributed by atoms with E-state index in [1.807, 2.05) is 6.92 Å². The molecule has 1 aliphatic heterocycles. The van der Waals surface area contributed by atoms with E-state index in [1.54, 1.807) is 68.8 Å². The normalized spacial score (nSPS) is 19.7. The Morgan fingerprint density at radius 3 is 2.60 bits per heavy atom. The number of aliphatic hydroxyl groups is 1. The molecule has 30 heavy (non-hydrogen) atoms. The first-order valence-electron chi connectivity index (χ1n) is 10.00. The van der Waals surface area contributed by atoms with Gasteiger partial charge in [0.15, 0.2) is 0 Å². The first kappa shape index (κ1) is 20.8. The molecule has 0 amide bonds. The number of methoxy groups -OCH3 is 1. The van der Waals surface area contributed by atoms with Crippen molar-refractivity contribution < 1.29 is 18.3 Å². The van der Waals surface area contributed by atoms with Gasteiger partial charge in [-0.1, -0.05) is 18.2 Å². The van der Waals surface area contributed by atoms with Gasteiger partial charge >= 0.3 is 0 Å². The minimum atomic E-state index is -3.83. The quantitative estimate of drug-likeness (QED) is 0.674. The van der Waals surface area contributed by atoms with Crippen LogP contribution in [0, 0.1) is 6.92 Å². The van der Waals surface area contributed by atoms with Crippen LogP contribution in [0.1, 0.15) is 30.9 Å². The molecular weight excluding hydrogens is 400 g/mol. The number of aromatic nitrogens is 1. The second-order valence-corrected chi connectivity index (χ2v) is 9.79. The summed E-state index contributed by atoms with van der Waals surface area (Å²) in [7, 11) is -2.24. The molecule has 0 aliphatic carbocycles. The number of rotatable bonds is 5. The van der Waals surface area contributed by atoms with Gasteiger partial charge in [-0.25, -0.2) is 8.42 Å². The highest BCUT2D eigenvalue weighted by Gasteiger charge is 2.46. The molecule has 2 aromatic carbocycles. The molecule has 0 unspecified atom stereocenters. The van der Waals surface area contributed by atoms with Crippen molar-refractivity contribution in [2.45, 2.75) is 43.2 Å². The average molecular weight is 427 g/mol. The minimum Gasteiger partial charge on any atom is -0.497 e. The molecule has 1 fully saturated rings. The van der Waals surface area contributed by atoms with E-state index < -0.39 is 21.7 Å². The van der Waals surface area contributed by atoms with Gasteiger partial charge in [0.1, 0.15) is 11.4 Å². The van der Waals surface area contributed by atoms with Crippen LogP contribution in [0.3, 0.4) is 0 Å². The molecular formula is C23H26N2O4S. The van der Waals surface area contributed by atoms with Crippen LogP contribution in [0.25, 0.3) is 10.9 Å². The number of benzene rings is 2. The molecule has 3 aromatic rings. The fourth-order valence-electron chi connectivity index (χ4n) is 4.35. The highest BCUT2D eigenvalue weighted by atomic mass is 32.2. The molecule has 1 saturated heterocycles. The van der Waals surface area contributed by atoms with E-state index in [1.165, 1.54) is 4.31 Å². The second-order valence-electron chi connectivity index (χ2n) is 7.93. The zero-order valence-corrected chi connectivity index (χ0v) is 18.2. The summed E-state index contributed by atoms with van der Waals surface area (Å²) in [4.78, 5) is 4.60. The van der Waals surface area contributed by atoms with Gasteiger partial charge in [-0.3, -0.25) is 4.98 Å². The summed E-state index contributed by atoms with van der Waals surface area (Å²) < 4.78 is 34.1. The maximum atomic E-state index is 13.7. The summed E-state index contributed by atoms with van der Waals surface area (Å²) in [5, 5.41) is 12.0. The van der Waals surface area contributed by atoms with Crippen LogP contribution in [-0.2, 0) is 15.6 Å². The Morgan fingerprint density at radius 2 is 1.90 bits per heavy atom. The number of ether oxygens (including phenoxy) is 1. The summed E-state index contributed by atoms with van der Waals surface area (Å²) in [6.45, 7) is 3.97. The fraction of sp³-hybridized carbons (Fsp3) is 0.348. The van der Waals surface area contributed by atoms with Gasteiger partial charge in [0.2, 0.25) is 10.0 Å². The Balaban J connectivity index is 1.77. The number of aryl methyl sites for hydroxylation is 1. The molecule has 0 bridgehead atoms. The SMILES string of the molecule is COc1ccc([C@@](C)(O)[C@H]2CCCN2S(=O)(=O)c2ccc(C)c3ncccc23)cc1. The highest BCUT2D eigenvalue weighted by Crippen LogP contribution is 2.39. The molecule has 1 N–H and O–H groups in total. The Labute approximate surface area is 177 Å². The maximum Gasteiger partial charge on any atom is 0.244 e. The summed E-state index contributed by atoms with van der Waals surface area (Å²) in [6.07, 6.45) is 2.94. The largest absolute Gasteiger partial charge is 0.497 e. The monoisotopic (exact) mass is 426 g/mol. The smallest absolute Gasteiger partial charge is 0.244 e. The van der Waals surface area contributed by atoms with Gasteiger partial charge in [0.25, 0.3) is 0 Å². The predicted octanol–water partition coefficient (Wildman–Crippen LogP) is 3.61. The number of nitrogens with zero attached hydrogens (tertiary/aromatic N) is 2. The third kappa shape index (κ3) is 3.37. The Hall–Kier alpha value is -2.48. The van der Waals surface area contributed by atoms with E-state index in [0.717, 1.165) is 5.56 Å². The lowest BCUT2D eigenvalue weighted by molar-refractivity contribution is -0.000678. The number of sulfonamides is 1. The van der Waals surface area contributed by atoms with Crippen molar-refractivity contribution in [3.8, 4) is 5.75 Å². The van der Waals surface area contributed by atoms with Crippen molar-refractivity contribution in [3.63, 3.8) is 0 Å². The van der Waals surface area contributed by atoms with E-state index in [0.29, 0.717) is 41.6 Å². The number of pyridine rings is 1. The van der Waals surface area contributed by atoms with E-state index in [2.05, 4.69) is 4.98 Å². The standard InChI is InChI=1S/C23H26N2O4S/c1-16-8-13-20(19-6-4-14-24-22(16)19)30(27,28)25-15-5-7-21(25)23(2,26)17-9-11-18(29-3)12-10-17/h4,6,8-14,21,26H,5,7,15H2,1-3H3/t21-,23-/m1/s1. The predicted molar refractivity (Wildman–Crippen MR) is 116 cm³/mol. The molecule has 2 atom stereocenters. The maximum absolute atomic E-state index is 13.7. The Bertz CT molecular complexity index is 1170. The van der Waals surface area contributed by atoms with Crippen molar-refractivity contribution in [2.75, 3.05) is 13.7 Å². The number of hydrogen-bond acceptors (Lipinski definition) is 5. The van der Waals surface area contributed by atoms with Gasteiger partial charge in [-0.15, -0.1) is 0 Å². The van der Waals surface area contributed by atoms with E-state index in [9.17, 15) is 13.5 Å². The fourth-order valence-corrected chi connectivity index (χ4v) is 6.30. The van der Waals surface area contributed by atoms with Crippen LogP contribution in [0.15, 0.2) is 59.6 Å². The van der Waals surface area contributed by atoms with Crippen LogP contribution >= 0.6 is 0 Å². The second kappa shape index (κ2) is 7.65. The molecule has 0 radical (unpaired) electrons. The third-order valence-electron chi connectivity index (χ3n) is 6.05. The lowest BCUT2D eigenvalue weighted by Crippen LogP contribution is -2.48. The van der Waals surface area contributed by atoms with Crippen LogP contribution in [0.2, 0.25) is 0 Å². The van der Waals surface area contributed by atoms with E-state index >= 15 is 0 Å². The average Bonchev–Trinajstić information content (AvgIpc) is 3.26. The van der Waals surface area contributed by atoms with Gasteiger partial charge in [-0.2, -0.15) is 4.31 Å². The molecule has 6 nitrogen and oxygen atoms in total. The molecule has 7 heteroatoms. The number of hydrogen-bond donors (Lipinski definition) is 1. The van der Waals surface area contributed by atoms with Crippen molar-refractivity contribution in [3.05, 3.63) is 65.9 Å². The van der Waals surface area contributed by atoms with Gasteiger partial charge in [-0.05, 0) is 68.1 Å². The van der Waals surface area contributed by atoms with Crippen LogP contribution < -0.4 is 4.74 Å². The summed E-state index contributed by atoms with van der Waals surface area (Å²) >= 11 is 0. The first-order valence-corrected chi connectivity index (χ1v) is 11.4. The Kier molecular flexibility index (Phi) is 5.30. The van der Waals surface area contributed by atoms with Crippen molar-refractivity contribution >= 4 is 20.9 Å². The Morgan fingerprint density at radius 1 is 1.17 bits per heavy atom. The lowest BCUT2D eigenvalue weighted by atomic mass is 9.87. The molecule has 1 aromatic heterocycles. The highest BCUT2D eigenvalue weighted by molar-refractivity contribution is 7.89. The van der Waals surface area contributed by atoms with Gasteiger partial charge in [0, 0.05) is 18.1 Å². The van der Waals surface area contributed by atoms with Gasteiger partial charge in [0.05, 0.1) is 23.6 Å². The molecule has 0 saturated carbocycles. The van der Waals surface area contributed by atoms with Crippen LogP contribution in [0.4, 0.5) is 0 Å². The summed E-state index contributed by atoms with van der Waals surface area (Å²) in [5.41, 5.74) is 0.920. The van der Waals surface area contributed by atoms with Crippen molar-refractivity contribution in [1.29, 1.82) is 0 Å². The summed E-state index contributed by atoms with van der Waals surface area (Å²) in [5.74, 6) is 0.684. The van der Waals surface area contributed by atoms with E-state index in [4.69, 9.17) is 4.74 Å². The van der Waals surface area contributed by atoms with Gasteiger partial charge < -0.3 is 9.84 Å². The third-order valence-corrected chi connectivity index (χ3v) is 8.01. The van der Waals surface area contributed by atoms with Crippen molar-refractivity contribution in [1.82, 2.24) is 9.29 Å². The molecule has 4 rings (SSSR count). The number of fused-ring (bicyclic) bond motifs is 1. The topological polar surface area (TPSA) is 79.7 Å². The summed E-state index contributed by atoms with van der Waals surface area (Å²) in [6, 6.07) is 13.5. The lowest BCUT2D eigenvalue weighted by Gasteiger charge is -2.36. The van der Waals surface area contributed by atoms with Crippen LogP contribution in [0.5, 0.6) is 5.75 Å². The molecule has 2 heterocycles. The minimum absolute atomic E-state index is 0.230. The molecule has 1 aliphatic rings. The molecule has 158 valence electrons. The van der Waals surface area contributed by atoms with Crippen molar-refractivity contribution in [2.24, 2.45) is 0 Å². The first-order chi connectivity index (χ1) is 14.3. The zero-order valence-electron chi connectivity index (χ0n) is 17.4. The van der Waals surface area contributed by atoms with Crippen LogP contribution in [-0.4, -0.2) is 42.5 Å². The molecule has 0 spiro atoms. The van der Waals surface area contributed by atoms with E-state index in [-0.39, 0.29) is 4.90 Å². The zero-order chi connectivity index (χ0) is 21.5.